The van der Waals surface area contributed by atoms with Gasteiger partial charge in [0.2, 0.25) is 5.91 Å². The molecule has 2 saturated carbocycles. The van der Waals surface area contributed by atoms with Crippen molar-refractivity contribution in [3.05, 3.63) is 63.1 Å². The lowest BCUT2D eigenvalue weighted by Gasteiger charge is -2.40. The number of aromatic nitrogens is 2. The maximum atomic E-state index is 16.5. The first kappa shape index (κ1) is 36.1. The van der Waals surface area contributed by atoms with Crippen LogP contribution in [0.2, 0.25) is 10.0 Å². The zero-order valence-electron chi connectivity index (χ0n) is 30.6. The van der Waals surface area contributed by atoms with Gasteiger partial charge in [0.15, 0.2) is 5.82 Å². The number of likely N-dealkylation sites (tertiary alicyclic amines) is 1. The van der Waals surface area contributed by atoms with Crippen LogP contribution in [0.25, 0.3) is 32.9 Å². The number of fused-ring (bicyclic) bond motifs is 6. The van der Waals surface area contributed by atoms with Crippen LogP contribution < -0.4 is 5.32 Å². The summed E-state index contributed by atoms with van der Waals surface area (Å²) in [6.45, 7) is 9.35. The third-order valence-electron chi connectivity index (χ3n) is 11.5. The fourth-order valence-corrected chi connectivity index (χ4v) is 9.20. The van der Waals surface area contributed by atoms with Crippen LogP contribution in [0.1, 0.15) is 88.7 Å². The molecular formula is C41H45Cl2FN6O3. The summed E-state index contributed by atoms with van der Waals surface area (Å²) in [6, 6.07) is 12.3. The molecule has 2 aromatic carbocycles. The number of aryl methyl sites for hydroxylation is 2. The van der Waals surface area contributed by atoms with E-state index in [1.807, 2.05) is 38.7 Å². The van der Waals surface area contributed by atoms with Crippen molar-refractivity contribution in [2.24, 2.45) is 11.8 Å². The Morgan fingerprint density at radius 2 is 1.87 bits per heavy atom. The van der Waals surface area contributed by atoms with Gasteiger partial charge < -0.3 is 24.8 Å². The highest BCUT2D eigenvalue weighted by Gasteiger charge is 2.48. The van der Waals surface area contributed by atoms with Crippen LogP contribution in [0.4, 0.5) is 9.18 Å². The summed E-state index contributed by atoms with van der Waals surface area (Å²) in [5.74, 6) is 0.670. The summed E-state index contributed by atoms with van der Waals surface area (Å²) in [5, 5.41) is 15.1. The quantitative estimate of drug-likeness (QED) is 0.210. The van der Waals surface area contributed by atoms with E-state index < -0.39 is 5.82 Å². The number of ether oxygens (including phenoxy) is 1. The zero-order chi connectivity index (χ0) is 37.3. The Bertz CT molecular complexity index is 2160. The molecule has 2 aliphatic carbocycles. The predicted octanol–water partition coefficient (Wildman–Crippen LogP) is 9.02. The molecule has 2 aromatic heterocycles. The second kappa shape index (κ2) is 13.7. The Kier molecular flexibility index (Phi) is 9.36. The minimum Gasteiger partial charge on any atom is -0.444 e. The number of rotatable bonds is 5. The number of nitrogens with zero attached hydrogens (tertiary/aromatic N) is 4. The molecule has 6 fully saturated rings. The number of carbonyl (C=O) groups is 2. The van der Waals surface area contributed by atoms with Gasteiger partial charge in [-0.2, -0.15) is 5.26 Å². The topological polar surface area (TPSA) is 114 Å². The molecule has 4 aliphatic heterocycles. The number of pyridine rings is 1. The minimum atomic E-state index is -0.485. The summed E-state index contributed by atoms with van der Waals surface area (Å²) in [4.78, 5) is 37.4. The Hall–Kier alpha value is -3.91. The molecule has 53 heavy (non-hydrogen) atoms. The number of hydrogen-bond acceptors (Lipinski definition) is 6. The summed E-state index contributed by atoms with van der Waals surface area (Å²) in [5.41, 5.74) is 3.81. The molecule has 0 radical (unpaired) electrons. The lowest BCUT2D eigenvalue weighted by Crippen LogP contribution is -2.47. The molecule has 278 valence electrons. The number of halogens is 3. The molecule has 6 heterocycles. The van der Waals surface area contributed by atoms with Crippen LogP contribution in [0.3, 0.4) is 0 Å². The van der Waals surface area contributed by atoms with E-state index in [2.05, 4.69) is 27.3 Å². The number of piperidine rings is 1. The summed E-state index contributed by atoms with van der Waals surface area (Å²) in [7, 11) is 0. The van der Waals surface area contributed by atoms with Crippen molar-refractivity contribution in [3.8, 4) is 17.2 Å². The lowest BCUT2D eigenvalue weighted by atomic mass is 9.86. The Labute approximate surface area is 319 Å². The average molecular weight is 760 g/mol. The van der Waals surface area contributed by atoms with E-state index in [0.29, 0.717) is 51.3 Å². The maximum Gasteiger partial charge on any atom is 0.410 e. The predicted molar refractivity (Wildman–Crippen MR) is 204 cm³/mol. The molecule has 10 rings (SSSR count). The molecule has 12 heteroatoms. The van der Waals surface area contributed by atoms with Gasteiger partial charge in [-0.15, -0.1) is 0 Å². The van der Waals surface area contributed by atoms with Gasteiger partial charge in [0.1, 0.15) is 11.1 Å². The van der Waals surface area contributed by atoms with Crippen molar-refractivity contribution in [1.29, 1.82) is 5.26 Å². The second-order valence-electron chi connectivity index (χ2n) is 16.5. The number of nitriles is 1. The van der Waals surface area contributed by atoms with Crippen molar-refractivity contribution in [1.82, 2.24) is 25.1 Å². The number of aromatic amines is 1. The second-order valence-corrected chi connectivity index (χ2v) is 17.3. The minimum absolute atomic E-state index is 0.0684. The van der Waals surface area contributed by atoms with E-state index in [9.17, 15) is 14.9 Å². The van der Waals surface area contributed by atoms with Crippen molar-refractivity contribution in [3.63, 3.8) is 0 Å². The molecule has 2 N–H and O–H groups in total. The van der Waals surface area contributed by atoms with E-state index >= 15 is 4.39 Å². The molecule has 9 nitrogen and oxygen atoms in total. The number of carbonyl (C=O) groups excluding carboxylic acids is 2. The van der Waals surface area contributed by atoms with Crippen molar-refractivity contribution in [2.75, 3.05) is 13.1 Å². The Balaban J connectivity index is 0.000000259. The SMILES string of the molecule is CC(C)(C)OC(=O)N1CC2CC1C2.Cc1nc2c(F)c(-c3cccc(Cl)c3Cl)c(CCC#N)cc2c2[nH]c(C3CC4CC(CN4)N3C(=O)C3CC3)cc12. The fourth-order valence-electron chi connectivity index (χ4n) is 8.80. The van der Waals surface area contributed by atoms with Gasteiger partial charge >= 0.3 is 6.09 Å². The molecule has 4 bridgehead atoms. The van der Waals surface area contributed by atoms with Crippen LogP contribution in [0, 0.1) is 35.9 Å². The molecule has 0 spiro atoms. The van der Waals surface area contributed by atoms with Gasteiger partial charge in [-0.25, -0.2) is 14.2 Å². The monoisotopic (exact) mass is 758 g/mol. The van der Waals surface area contributed by atoms with E-state index in [0.717, 1.165) is 61.3 Å². The Morgan fingerprint density at radius 1 is 1.09 bits per heavy atom. The standard InChI is InChI=1S/C31H28Cl2FN5O.C10H17NO2/c1-15-21-13-24(25-12-18-11-19(14-36-18)39(25)31(40)16-7-8-16)38-29(21)22-10-17(4-3-9-35)26(28(34)30(22)37-15)20-5-2-6-23(32)27(20)33;1-10(2,3)13-9(12)11-6-7-4-8(11)5-7/h2,5-6,10,13,16,18-19,25,36,38H,3-4,7-8,11-12,14H2,1H3;7-8H,4-6H2,1-3H3. The van der Waals surface area contributed by atoms with E-state index in [4.69, 9.17) is 32.9 Å². The maximum absolute atomic E-state index is 16.5. The first-order chi connectivity index (χ1) is 25.3. The van der Waals surface area contributed by atoms with E-state index in [-0.39, 0.29) is 52.6 Å². The van der Waals surface area contributed by atoms with E-state index in [1.165, 1.54) is 12.8 Å². The molecule has 4 saturated heterocycles. The van der Waals surface area contributed by atoms with Gasteiger partial charge in [0.25, 0.3) is 0 Å². The van der Waals surface area contributed by atoms with Crippen LogP contribution >= 0.6 is 23.2 Å². The molecular weight excluding hydrogens is 714 g/mol. The smallest absolute Gasteiger partial charge is 0.410 e. The number of benzene rings is 2. The van der Waals surface area contributed by atoms with Crippen molar-refractivity contribution < 1.29 is 18.7 Å². The molecule has 3 atom stereocenters. The first-order valence-corrected chi connectivity index (χ1v) is 19.6. The number of nitrogens with one attached hydrogen (secondary N) is 2. The molecule has 3 unspecified atom stereocenters. The average Bonchev–Trinajstić information content (AvgIpc) is 3.40. The van der Waals surface area contributed by atoms with Crippen LogP contribution in [0.5, 0.6) is 0 Å². The first-order valence-electron chi connectivity index (χ1n) is 18.8. The highest BCUT2D eigenvalue weighted by atomic mass is 35.5. The summed E-state index contributed by atoms with van der Waals surface area (Å²) < 4.78 is 21.8. The largest absolute Gasteiger partial charge is 0.444 e. The zero-order valence-corrected chi connectivity index (χ0v) is 32.1. The molecule has 6 aliphatic rings. The van der Waals surface area contributed by atoms with E-state index in [1.54, 1.807) is 18.2 Å². The molecule has 4 aromatic rings. The molecule has 2 amide bonds. The number of amides is 2. The third kappa shape index (κ3) is 6.74. The van der Waals surface area contributed by atoms with Crippen LogP contribution in [0.15, 0.2) is 30.3 Å². The van der Waals surface area contributed by atoms with Crippen molar-refractivity contribution in [2.45, 2.75) is 109 Å². The number of hydrogen-bond donors (Lipinski definition) is 2. The summed E-state index contributed by atoms with van der Waals surface area (Å²) in [6.07, 6.45) is 6.60. The van der Waals surface area contributed by atoms with Gasteiger partial charge in [0.05, 0.1) is 27.7 Å². The van der Waals surface area contributed by atoms with Crippen LogP contribution in [-0.4, -0.2) is 68.6 Å². The van der Waals surface area contributed by atoms with Crippen LogP contribution in [-0.2, 0) is 16.0 Å². The number of H-pyrrole nitrogens is 1. The summed E-state index contributed by atoms with van der Waals surface area (Å²) >= 11 is 12.8. The lowest BCUT2D eigenvalue weighted by molar-refractivity contribution is -0.138. The van der Waals surface area contributed by atoms with Gasteiger partial charge in [-0.1, -0.05) is 35.3 Å². The van der Waals surface area contributed by atoms with Crippen molar-refractivity contribution >= 4 is 57.0 Å². The highest BCUT2D eigenvalue weighted by molar-refractivity contribution is 6.43. The van der Waals surface area contributed by atoms with Gasteiger partial charge in [-0.05, 0) is 102 Å². The van der Waals surface area contributed by atoms with Gasteiger partial charge in [0, 0.05) is 76.8 Å². The fraction of sp³-hybridized carbons (Fsp3) is 0.512. The van der Waals surface area contributed by atoms with Gasteiger partial charge in [-0.3, -0.25) is 4.79 Å². The Morgan fingerprint density at radius 3 is 2.55 bits per heavy atom. The normalized spacial score (nSPS) is 24.5. The third-order valence-corrected chi connectivity index (χ3v) is 12.4. The highest BCUT2D eigenvalue weighted by Crippen LogP contribution is 2.45.